The predicted molar refractivity (Wildman–Crippen MR) is 67.7 cm³/mol. The van der Waals surface area contributed by atoms with E-state index in [0.29, 0.717) is 24.8 Å². The Kier molecular flexibility index (Phi) is 4.57. The quantitative estimate of drug-likeness (QED) is 0.814. The molecule has 0 radical (unpaired) electrons. The average Bonchev–Trinajstić information content (AvgIpc) is 2.48. The maximum absolute atomic E-state index is 5.19. The summed E-state index contributed by atoms with van der Waals surface area (Å²) in [6.07, 6.45) is 3.05. The fraction of sp³-hybridized carbons (Fsp3) is 0.333. The fourth-order valence-electron chi connectivity index (χ4n) is 1.63. The van der Waals surface area contributed by atoms with Crippen LogP contribution in [0.1, 0.15) is 11.3 Å². The van der Waals surface area contributed by atoms with Crippen molar-refractivity contribution in [3.05, 3.63) is 35.9 Å². The van der Waals surface area contributed by atoms with Crippen LogP contribution in [0.5, 0.6) is 11.8 Å². The molecule has 0 saturated carbocycles. The monoisotopic (exact) mass is 261 g/mol. The number of hydrogen-bond acceptors (Lipinski definition) is 7. The highest BCUT2D eigenvalue weighted by atomic mass is 16.5. The minimum atomic E-state index is 0.499. The van der Waals surface area contributed by atoms with E-state index in [0.717, 1.165) is 11.3 Å². The second-order valence-corrected chi connectivity index (χ2v) is 3.69. The van der Waals surface area contributed by atoms with E-state index >= 15 is 0 Å². The molecular weight excluding hydrogens is 246 g/mol. The van der Waals surface area contributed by atoms with Gasteiger partial charge in [0, 0.05) is 19.3 Å². The summed E-state index contributed by atoms with van der Waals surface area (Å²) in [5.74, 6) is 0.997. The van der Waals surface area contributed by atoms with Crippen LogP contribution >= 0.6 is 0 Å². The van der Waals surface area contributed by atoms with Crippen molar-refractivity contribution in [3.63, 3.8) is 0 Å². The highest BCUT2D eigenvalue weighted by Crippen LogP contribution is 2.22. The highest BCUT2D eigenvalue weighted by Gasteiger charge is 2.12. The molecule has 0 aliphatic rings. The van der Waals surface area contributed by atoms with Crippen molar-refractivity contribution in [1.82, 2.24) is 25.5 Å². The lowest BCUT2D eigenvalue weighted by Gasteiger charge is -2.11. The number of nitrogens with zero attached hydrogens (tertiary/aromatic N) is 4. The van der Waals surface area contributed by atoms with Gasteiger partial charge in [0.05, 0.1) is 25.5 Å². The van der Waals surface area contributed by atoms with Crippen molar-refractivity contribution in [2.24, 2.45) is 0 Å². The maximum Gasteiger partial charge on any atom is 0.224 e. The molecule has 0 bridgehead atoms. The first kappa shape index (κ1) is 13.2. The summed E-state index contributed by atoms with van der Waals surface area (Å²) in [6.45, 7) is 1.11. The third-order valence-electron chi connectivity index (χ3n) is 2.49. The van der Waals surface area contributed by atoms with E-state index in [9.17, 15) is 0 Å². The Hall–Kier alpha value is -2.28. The Bertz CT molecular complexity index is 499. The molecule has 0 saturated heterocycles. The minimum absolute atomic E-state index is 0.499. The van der Waals surface area contributed by atoms with Gasteiger partial charge >= 0.3 is 0 Å². The SMILES string of the molecule is COc1ncnc(OC)c1CNCc1cccnn1. The van der Waals surface area contributed by atoms with E-state index in [1.54, 1.807) is 20.4 Å². The van der Waals surface area contributed by atoms with Gasteiger partial charge in [0.15, 0.2) is 0 Å². The Balaban J connectivity index is 2.02. The maximum atomic E-state index is 5.19. The summed E-state index contributed by atoms with van der Waals surface area (Å²) in [4.78, 5) is 8.10. The van der Waals surface area contributed by atoms with Gasteiger partial charge in [-0.25, -0.2) is 9.97 Å². The molecule has 0 amide bonds. The molecule has 0 atom stereocenters. The van der Waals surface area contributed by atoms with E-state index in [1.807, 2.05) is 12.1 Å². The van der Waals surface area contributed by atoms with E-state index in [-0.39, 0.29) is 0 Å². The zero-order valence-corrected chi connectivity index (χ0v) is 10.8. The average molecular weight is 261 g/mol. The molecule has 0 aromatic carbocycles. The zero-order valence-electron chi connectivity index (χ0n) is 10.8. The number of aromatic nitrogens is 4. The molecule has 0 fully saturated rings. The van der Waals surface area contributed by atoms with Crippen LogP contribution in [-0.2, 0) is 13.1 Å². The highest BCUT2D eigenvalue weighted by molar-refractivity contribution is 5.34. The molecule has 0 spiro atoms. The molecule has 2 heterocycles. The topological polar surface area (TPSA) is 82.1 Å². The van der Waals surface area contributed by atoms with Crippen LogP contribution in [0.4, 0.5) is 0 Å². The molecule has 7 heteroatoms. The Morgan fingerprint density at radius 2 is 1.84 bits per heavy atom. The first-order chi connectivity index (χ1) is 9.35. The molecule has 0 aliphatic carbocycles. The van der Waals surface area contributed by atoms with E-state index in [1.165, 1.54) is 6.33 Å². The van der Waals surface area contributed by atoms with Gasteiger partial charge in [-0.15, -0.1) is 0 Å². The lowest BCUT2D eigenvalue weighted by Crippen LogP contribution is -2.16. The first-order valence-electron chi connectivity index (χ1n) is 5.74. The Morgan fingerprint density at radius 1 is 1.11 bits per heavy atom. The molecule has 2 rings (SSSR count). The molecule has 7 nitrogen and oxygen atoms in total. The third-order valence-corrected chi connectivity index (χ3v) is 2.49. The summed E-state index contributed by atoms with van der Waals surface area (Å²) in [7, 11) is 3.13. The summed E-state index contributed by atoms with van der Waals surface area (Å²) in [5, 5.41) is 11.0. The lowest BCUT2D eigenvalue weighted by molar-refractivity contribution is 0.359. The zero-order chi connectivity index (χ0) is 13.5. The largest absolute Gasteiger partial charge is 0.481 e. The molecule has 0 aliphatic heterocycles. The number of methoxy groups -OCH3 is 2. The van der Waals surface area contributed by atoms with Crippen LogP contribution in [0.25, 0.3) is 0 Å². The van der Waals surface area contributed by atoms with Gasteiger partial charge < -0.3 is 14.8 Å². The number of hydrogen-bond donors (Lipinski definition) is 1. The number of nitrogens with one attached hydrogen (secondary N) is 1. The van der Waals surface area contributed by atoms with Crippen molar-refractivity contribution < 1.29 is 9.47 Å². The van der Waals surface area contributed by atoms with Gasteiger partial charge in [-0.1, -0.05) is 0 Å². The van der Waals surface area contributed by atoms with Gasteiger partial charge in [0.25, 0.3) is 0 Å². The lowest BCUT2D eigenvalue weighted by atomic mass is 10.3. The summed E-state index contributed by atoms with van der Waals surface area (Å²) >= 11 is 0. The molecule has 2 aromatic heterocycles. The van der Waals surface area contributed by atoms with Gasteiger partial charge in [0.1, 0.15) is 6.33 Å². The Labute approximate surface area is 111 Å². The van der Waals surface area contributed by atoms with Gasteiger partial charge in [-0.05, 0) is 12.1 Å². The van der Waals surface area contributed by atoms with Crippen molar-refractivity contribution in [3.8, 4) is 11.8 Å². The summed E-state index contributed by atoms with van der Waals surface area (Å²) in [6, 6.07) is 3.74. The first-order valence-corrected chi connectivity index (χ1v) is 5.74. The van der Waals surface area contributed by atoms with Crippen LogP contribution in [0.15, 0.2) is 24.7 Å². The fourth-order valence-corrected chi connectivity index (χ4v) is 1.63. The second kappa shape index (κ2) is 6.60. The Morgan fingerprint density at radius 3 is 2.42 bits per heavy atom. The minimum Gasteiger partial charge on any atom is -0.481 e. The second-order valence-electron chi connectivity index (χ2n) is 3.69. The molecule has 0 unspecified atom stereocenters. The van der Waals surface area contributed by atoms with Crippen molar-refractivity contribution in [2.75, 3.05) is 14.2 Å². The molecule has 100 valence electrons. The molecule has 1 N–H and O–H groups in total. The van der Waals surface area contributed by atoms with Crippen LogP contribution in [-0.4, -0.2) is 34.4 Å². The molecule has 19 heavy (non-hydrogen) atoms. The van der Waals surface area contributed by atoms with Crippen molar-refractivity contribution in [2.45, 2.75) is 13.1 Å². The van der Waals surface area contributed by atoms with Gasteiger partial charge in [-0.3, -0.25) is 0 Å². The van der Waals surface area contributed by atoms with Crippen molar-refractivity contribution in [1.29, 1.82) is 0 Å². The van der Waals surface area contributed by atoms with E-state index < -0.39 is 0 Å². The normalized spacial score (nSPS) is 10.2. The van der Waals surface area contributed by atoms with Crippen LogP contribution in [0, 0.1) is 0 Å². The van der Waals surface area contributed by atoms with Crippen molar-refractivity contribution >= 4 is 0 Å². The summed E-state index contributed by atoms with van der Waals surface area (Å²) < 4.78 is 10.4. The van der Waals surface area contributed by atoms with Crippen LogP contribution in [0.2, 0.25) is 0 Å². The van der Waals surface area contributed by atoms with E-state index in [2.05, 4.69) is 25.5 Å². The smallest absolute Gasteiger partial charge is 0.224 e. The summed E-state index contributed by atoms with van der Waals surface area (Å²) in [5.41, 5.74) is 1.63. The predicted octanol–water partition coefficient (Wildman–Crippen LogP) is 0.574. The van der Waals surface area contributed by atoms with Crippen LogP contribution < -0.4 is 14.8 Å². The molecular formula is C12H15N5O2. The van der Waals surface area contributed by atoms with E-state index in [4.69, 9.17) is 9.47 Å². The number of ether oxygens (including phenoxy) is 2. The van der Waals surface area contributed by atoms with Crippen LogP contribution in [0.3, 0.4) is 0 Å². The number of rotatable bonds is 6. The molecule has 2 aromatic rings. The standard InChI is InChI=1S/C12H15N5O2/c1-18-11-10(12(19-2)15-8-14-11)7-13-6-9-4-3-5-16-17-9/h3-5,8,13H,6-7H2,1-2H3. The van der Waals surface area contributed by atoms with Gasteiger partial charge in [-0.2, -0.15) is 10.2 Å². The van der Waals surface area contributed by atoms with Gasteiger partial charge in [0.2, 0.25) is 11.8 Å². The third kappa shape index (κ3) is 3.35.